The summed E-state index contributed by atoms with van der Waals surface area (Å²) in [6, 6.07) is 0.565. The van der Waals surface area contributed by atoms with Crippen LogP contribution in [-0.4, -0.2) is 89.9 Å². The Balaban J connectivity index is 1.71. The molecular weight excluding hydrogens is 588 g/mol. The van der Waals surface area contributed by atoms with Gasteiger partial charge in [0, 0.05) is 46.3 Å². The molecule has 0 atom stereocenters. The monoisotopic (exact) mass is 659 g/mol. The van der Waals surface area contributed by atoms with E-state index in [4.69, 9.17) is 15.0 Å². The van der Waals surface area contributed by atoms with Crippen molar-refractivity contribution in [1.82, 2.24) is 30.0 Å². The van der Waals surface area contributed by atoms with Crippen LogP contribution in [0.4, 0.5) is 11.9 Å². The Morgan fingerprint density at radius 3 is 1.62 bits per heavy atom. The predicted octanol–water partition coefficient (Wildman–Crippen LogP) is 7.84. The number of aromatic nitrogens is 3. The van der Waals surface area contributed by atoms with Gasteiger partial charge in [-0.05, 0) is 140 Å². The maximum absolute atomic E-state index is 13.3. The number of aryl methyl sites for hydroxylation is 1. The molecule has 2 radical (unpaired) electrons. The van der Waals surface area contributed by atoms with E-state index in [1.165, 1.54) is 10.1 Å². The third kappa shape index (κ3) is 10.7. The molecule has 10 heteroatoms. The molecule has 0 saturated carbocycles. The van der Waals surface area contributed by atoms with Gasteiger partial charge in [-0.1, -0.05) is 33.6 Å². The minimum Gasteiger partial charge on any atom is -0.349 e. The number of rotatable bonds is 13. The predicted molar refractivity (Wildman–Crippen MR) is 192 cm³/mol. The van der Waals surface area contributed by atoms with Gasteiger partial charge in [0.15, 0.2) is 0 Å². The molecule has 1 N–H and O–H groups in total. The molecule has 1 aromatic heterocycles. The lowest BCUT2D eigenvalue weighted by Crippen LogP contribution is -2.62. The molecule has 2 aliphatic rings. The zero-order valence-electron chi connectivity index (χ0n) is 32.9. The van der Waals surface area contributed by atoms with E-state index in [1.54, 1.807) is 0 Å². The second-order valence-corrected chi connectivity index (χ2v) is 19.3. The summed E-state index contributed by atoms with van der Waals surface area (Å²) in [5.41, 5.74) is -1.69. The Hall–Kier alpha value is -1.59. The van der Waals surface area contributed by atoms with E-state index in [9.17, 15) is 10.4 Å². The Labute approximate surface area is 288 Å². The van der Waals surface area contributed by atoms with Crippen molar-refractivity contribution in [2.24, 2.45) is 5.41 Å². The largest absolute Gasteiger partial charge is 0.349 e. The summed E-state index contributed by atoms with van der Waals surface area (Å²) < 4.78 is 0. The van der Waals surface area contributed by atoms with Gasteiger partial charge in [0.25, 0.3) is 0 Å². The summed E-state index contributed by atoms with van der Waals surface area (Å²) in [5.74, 6) is 2.02. The van der Waals surface area contributed by atoms with Gasteiger partial charge < -0.3 is 15.1 Å². The molecule has 47 heavy (non-hydrogen) atoms. The quantitative estimate of drug-likeness (QED) is 0.214. The fourth-order valence-electron chi connectivity index (χ4n) is 8.90. The third-order valence-electron chi connectivity index (χ3n) is 10.3. The highest BCUT2D eigenvalue weighted by Gasteiger charge is 2.49. The molecule has 3 heterocycles. The molecule has 2 aliphatic heterocycles. The van der Waals surface area contributed by atoms with Crippen LogP contribution in [0.2, 0.25) is 0 Å². The van der Waals surface area contributed by atoms with Crippen molar-refractivity contribution in [2.45, 2.75) is 194 Å². The SMILES string of the molecule is Cc1nc(NC(C)(C)CC(C)(C)C)nc(N(CCCCCCN(C)C2CC(C)(C)N([O])C(C)(C)C2)C2CC(C)(C)N([O])C(C)(C)C2)n1. The first-order valence-corrected chi connectivity index (χ1v) is 18.2. The van der Waals surface area contributed by atoms with Crippen LogP contribution < -0.4 is 10.2 Å². The number of hydrogen-bond donors (Lipinski definition) is 1. The average Bonchev–Trinajstić information content (AvgIpc) is 2.86. The molecular formula is C37H70N8O2. The summed E-state index contributed by atoms with van der Waals surface area (Å²) in [7, 11) is 2.22. The van der Waals surface area contributed by atoms with E-state index in [0.29, 0.717) is 23.8 Å². The van der Waals surface area contributed by atoms with E-state index in [2.05, 4.69) is 112 Å². The fraction of sp³-hybridized carbons (Fsp3) is 0.919. The van der Waals surface area contributed by atoms with Gasteiger partial charge in [0.05, 0.1) is 0 Å². The second kappa shape index (κ2) is 14.3. The highest BCUT2D eigenvalue weighted by molar-refractivity contribution is 5.40. The molecule has 2 saturated heterocycles. The summed E-state index contributed by atoms with van der Waals surface area (Å²) in [6.45, 7) is 31.6. The smallest absolute Gasteiger partial charge is 0.230 e. The number of piperidine rings is 2. The fourth-order valence-corrected chi connectivity index (χ4v) is 8.90. The van der Waals surface area contributed by atoms with Crippen molar-refractivity contribution >= 4 is 11.9 Å². The number of hydroxylamine groups is 4. The van der Waals surface area contributed by atoms with E-state index in [0.717, 1.165) is 70.9 Å². The minimum absolute atomic E-state index is 0.146. The van der Waals surface area contributed by atoms with Crippen LogP contribution in [0.1, 0.15) is 154 Å². The average molecular weight is 659 g/mol. The van der Waals surface area contributed by atoms with Crippen molar-refractivity contribution in [2.75, 3.05) is 30.4 Å². The first-order chi connectivity index (χ1) is 21.2. The maximum Gasteiger partial charge on any atom is 0.230 e. The number of anilines is 2. The maximum atomic E-state index is 13.3. The summed E-state index contributed by atoms with van der Waals surface area (Å²) in [5, 5.41) is 32.3. The second-order valence-electron chi connectivity index (χ2n) is 19.3. The van der Waals surface area contributed by atoms with Crippen LogP contribution in [0.3, 0.4) is 0 Å². The van der Waals surface area contributed by atoms with Gasteiger partial charge in [0.2, 0.25) is 11.9 Å². The zero-order valence-corrected chi connectivity index (χ0v) is 32.9. The molecule has 0 aromatic carbocycles. The lowest BCUT2D eigenvalue weighted by molar-refractivity contribution is -0.294. The van der Waals surface area contributed by atoms with E-state index in [-0.39, 0.29) is 28.1 Å². The summed E-state index contributed by atoms with van der Waals surface area (Å²) >= 11 is 0. The normalized spacial score (nSPS) is 22.5. The Morgan fingerprint density at radius 2 is 1.15 bits per heavy atom. The van der Waals surface area contributed by atoms with Crippen molar-refractivity contribution in [3.8, 4) is 0 Å². The van der Waals surface area contributed by atoms with Gasteiger partial charge in [0.1, 0.15) is 5.82 Å². The summed E-state index contributed by atoms with van der Waals surface area (Å²) in [6.07, 6.45) is 8.69. The van der Waals surface area contributed by atoms with Crippen molar-refractivity contribution < 1.29 is 10.4 Å². The highest BCUT2D eigenvalue weighted by Crippen LogP contribution is 2.41. The first-order valence-electron chi connectivity index (χ1n) is 18.2. The standard InChI is InChI=1S/C37H70N8O2/c1-27-38-30(41-33(5,6)26-32(2,3)4)40-31(39-27)43(29-24-36(11,12)45(47)37(13,14)25-29)21-19-17-16-18-20-42(15)28-22-34(7,8)44(46)35(9,10)23-28/h28-29H,16-26H2,1-15H3,(H,38,39,40,41). The van der Waals surface area contributed by atoms with Gasteiger partial charge in [-0.3, -0.25) is 0 Å². The van der Waals surface area contributed by atoms with E-state index >= 15 is 0 Å². The Morgan fingerprint density at radius 1 is 0.702 bits per heavy atom. The van der Waals surface area contributed by atoms with Gasteiger partial charge >= 0.3 is 0 Å². The summed E-state index contributed by atoms with van der Waals surface area (Å²) in [4.78, 5) is 19.5. The van der Waals surface area contributed by atoms with Crippen molar-refractivity contribution in [1.29, 1.82) is 0 Å². The van der Waals surface area contributed by atoms with Crippen LogP contribution in [0, 0.1) is 12.3 Å². The lowest BCUT2D eigenvalue weighted by Gasteiger charge is -2.52. The molecule has 0 amide bonds. The molecule has 270 valence electrons. The van der Waals surface area contributed by atoms with Gasteiger partial charge in [-0.2, -0.15) is 15.0 Å². The van der Waals surface area contributed by atoms with Crippen LogP contribution in [0.15, 0.2) is 0 Å². The van der Waals surface area contributed by atoms with Crippen molar-refractivity contribution in [3.63, 3.8) is 0 Å². The first kappa shape index (κ1) is 39.8. The Bertz CT molecular complexity index is 1140. The van der Waals surface area contributed by atoms with Crippen LogP contribution in [-0.2, 0) is 10.4 Å². The molecule has 2 fully saturated rings. The third-order valence-corrected chi connectivity index (χ3v) is 10.3. The molecule has 0 unspecified atom stereocenters. The molecule has 0 aliphatic carbocycles. The minimum atomic E-state index is -0.488. The molecule has 0 bridgehead atoms. The number of nitrogens with one attached hydrogen (secondary N) is 1. The number of unbranched alkanes of at least 4 members (excludes halogenated alkanes) is 3. The molecule has 10 nitrogen and oxygen atoms in total. The zero-order chi connectivity index (χ0) is 35.8. The van der Waals surface area contributed by atoms with Crippen LogP contribution in [0.25, 0.3) is 0 Å². The number of hydrogen-bond acceptors (Lipinski definition) is 8. The van der Waals surface area contributed by atoms with Crippen molar-refractivity contribution in [3.05, 3.63) is 5.82 Å². The Kier molecular flexibility index (Phi) is 12.2. The van der Waals surface area contributed by atoms with Crippen LogP contribution >= 0.6 is 0 Å². The van der Waals surface area contributed by atoms with E-state index < -0.39 is 11.1 Å². The molecule has 3 rings (SSSR count). The van der Waals surface area contributed by atoms with Crippen LogP contribution in [0.5, 0.6) is 0 Å². The van der Waals surface area contributed by atoms with Gasteiger partial charge in [-0.15, -0.1) is 20.5 Å². The topological polar surface area (TPSA) is 103 Å². The van der Waals surface area contributed by atoms with Gasteiger partial charge in [-0.25, -0.2) is 0 Å². The van der Waals surface area contributed by atoms with E-state index in [1.807, 2.05) is 6.92 Å². The molecule has 1 aromatic rings. The highest BCUT2D eigenvalue weighted by atomic mass is 16.5. The lowest BCUT2D eigenvalue weighted by atomic mass is 9.78. The molecule has 0 spiro atoms. The number of nitrogens with zero attached hydrogens (tertiary/aromatic N) is 7.